The third kappa shape index (κ3) is 4.12. The van der Waals surface area contributed by atoms with E-state index in [0.29, 0.717) is 16.1 Å². The number of aromatic nitrogens is 1. The summed E-state index contributed by atoms with van der Waals surface area (Å²) in [6.45, 7) is 6.03. The van der Waals surface area contributed by atoms with Crippen LogP contribution in [0.4, 0.5) is 10.8 Å². The molecule has 0 bridgehead atoms. The minimum absolute atomic E-state index is 0.101. The molecule has 3 aromatic rings. The SMILES string of the molecule is CCN(CC)c1nc2sc(C(=O)Nc3cccc(C(=O)N(C)C)c3)cc2s1. The van der Waals surface area contributed by atoms with Crippen LogP contribution < -0.4 is 10.2 Å². The van der Waals surface area contributed by atoms with Gasteiger partial charge < -0.3 is 15.1 Å². The number of hydrogen-bond donors (Lipinski definition) is 1. The summed E-state index contributed by atoms with van der Waals surface area (Å²) < 4.78 is 1.02. The molecule has 0 saturated carbocycles. The van der Waals surface area contributed by atoms with E-state index in [9.17, 15) is 9.59 Å². The summed E-state index contributed by atoms with van der Waals surface area (Å²) in [5.41, 5.74) is 1.14. The number of carbonyl (C=O) groups is 2. The van der Waals surface area contributed by atoms with Gasteiger partial charge in [-0.15, -0.1) is 11.3 Å². The molecule has 0 atom stereocenters. The Morgan fingerprint density at radius 1 is 1.11 bits per heavy atom. The van der Waals surface area contributed by atoms with Crippen LogP contribution in [0.25, 0.3) is 9.53 Å². The van der Waals surface area contributed by atoms with Crippen molar-refractivity contribution in [1.82, 2.24) is 9.88 Å². The number of fused-ring (bicyclic) bond motifs is 1. The van der Waals surface area contributed by atoms with E-state index in [2.05, 4.69) is 29.0 Å². The fraction of sp³-hybridized carbons (Fsp3) is 0.316. The first-order valence-corrected chi connectivity index (χ1v) is 10.3. The first-order valence-electron chi connectivity index (χ1n) is 8.71. The summed E-state index contributed by atoms with van der Waals surface area (Å²) in [5, 5.41) is 3.86. The van der Waals surface area contributed by atoms with Crippen LogP contribution in [0.2, 0.25) is 0 Å². The Morgan fingerprint density at radius 3 is 2.48 bits per heavy atom. The number of benzene rings is 1. The molecule has 1 aromatic carbocycles. The lowest BCUT2D eigenvalue weighted by atomic mass is 10.2. The molecule has 2 aromatic heterocycles. The molecule has 6 nitrogen and oxygen atoms in total. The third-order valence-corrected chi connectivity index (χ3v) is 6.33. The second kappa shape index (κ2) is 8.06. The molecule has 0 spiro atoms. The molecule has 142 valence electrons. The summed E-state index contributed by atoms with van der Waals surface area (Å²) in [7, 11) is 3.40. The number of rotatable bonds is 6. The highest BCUT2D eigenvalue weighted by atomic mass is 32.1. The van der Waals surface area contributed by atoms with Crippen molar-refractivity contribution < 1.29 is 9.59 Å². The summed E-state index contributed by atoms with van der Waals surface area (Å²) in [5.74, 6) is -0.292. The fourth-order valence-corrected chi connectivity index (χ4v) is 4.88. The van der Waals surface area contributed by atoms with Crippen molar-refractivity contribution in [2.45, 2.75) is 13.8 Å². The maximum atomic E-state index is 12.6. The first-order chi connectivity index (χ1) is 12.9. The van der Waals surface area contributed by atoms with E-state index in [1.54, 1.807) is 49.7 Å². The largest absolute Gasteiger partial charge is 0.349 e. The second-order valence-corrected chi connectivity index (χ2v) is 8.22. The van der Waals surface area contributed by atoms with Crippen LogP contribution in [0.15, 0.2) is 30.3 Å². The van der Waals surface area contributed by atoms with Crippen molar-refractivity contribution in [1.29, 1.82) is 0 Å². The highest BCUT2D eigenvalue weighted by Crippen LogP contribution is 2.34. The molecule has 27 heavy (non-hydrogen) atoms. The Morgan fingerprint density at radius 2 is 1.85 bits per heavy atom. The van der Waals surface area contributed by atoms with Gasteiger partial charge in [0.2, 0.25) is 0 Å². The number of thiophene rings is 1. The number of amides is 2. The summed E-state index contributed by atoms with van der Waals surface area (Å²) in [4.78, 5) is 34.5. The van der Waals surface area contributed by atoms with Crippen LogP contribution in [-0.2, 0) is 0 Å². The Labute approximate surface area is 166 Å². The van der Waals surface area contributed by atoms with Crippen molar-refractivity contribution in [2.75, 3.05) is 37.4 Å². The highest BCUT2D eigenvalue weighted by molar-refractivity contribution is 7.29. The predicted molar refractivity (Wildman–Crippen MR) is 113 cm³/mol. The normalized spacial score (nSPS) is 10.8. The van der Waals surface area contributed by atoms with Gasteiger partial charge in [-0.25, -0.2) is 4.98 Å². The van der Waals surface area contributed by atoms with Gasteiger partial charge in [0.1, 0.15) is 4.83 Å². The lowest BCUT2D eigenvalue weighted by Gasteiger charge is -2.16. The number of carbonyl (C=O) groups excluding carboxylic acids is 2. The van der Waals surface area contributed by atoms with Gasteiger partial charge in [0, 0.05) is 38.4 Å². The number of hydrogen-bond acceptors (Lipinski definition) is 6. The quantitative estimate of drug-likeness (QED) is 0.672. The lowest BCUT2D eigenvalue weighted by Crippen LogP contribution is -2.21. The van der Waals surface area contributed by atoms with E-state index in [-0.39, 0.29) is 11.8 Å². The maximum Gasteiger partial charge on any atom is 0.265 e. The van der Waals surface area contributed by atoms with Gasteiger partial charge in [0.05, 0.1) is 9.58 Å². The Bertz CT molecular complexity index is 942. The van der Waals surface area contributed by atoms with Gasteiger partial charge in [-0.2, -0.15) is 0 Å². The lowest BCUT2D eigenvalue weighted by molar-refractivity contribution is 0.0827. The highest BCUT2D eigenvalue weighted by Gasteiger charge is 2.17. The summed E-state index contributed by atoms with van der Waals surface area (Å²) in [6.07, 6.45) is 0. The molecule has 0 fully saturated rings. The minimum atomic E-state index is -0.191. The smallest absolute Gasteiger partial charge is 0.265 e. The number of nitrogens with one attached hydrogen (secondary N) is 1. The van der Waals surface area contributed by atoms with E-state index in [0.717, 1.165) is 27.8 Å². The zero-order valence-corrected chi connectivity index (χ0v) is 17.4. The van der Waals surface area contributed by atoms with Crippen LogP contribution >= 0.6 is 22.7 Å². The number of anilines is 2. The first kappa shape index (κ1) is 19.3. The van der Waals surface area contributed by atoms with Crippen LogP contribution in [0.3, 0.4) is 0 Å². The van der Waals surface area contributed by atoms with Crippen LogP contribution in [-0.4, -0.2) is 48.9 Å². The monoisotopic (exact) mass is 402 g/mol. The molecule has 0 radical (unpaired) electrons. The van der Waals surface area contributed by atoms with Crippen molar-refractivity contribution in [3.05, 3.63) is 40.8 Å². The molecule has 0 unspecified atom stereocenters. The molecule has 2 amide bonds. The van der Waals surface area contributed by atoms with Gasteiger partial charge in [-0.05, 0) is 38.1 Å². The van der Waals surface area contributed by atoms with Crippen molar-refractivity contribution in [3.63, 3.8) is 0 Å². The molecule has 0 aliphatic heterocycles. The molecule has 2 heterocycles. The molecule has 0 aliphatic rings. The predicted octanol–water partition coefficient (Wildman–Crippen LogP) is 4.16. The molecule has 8 heteroatoms. The topological polar surface area (TPSA) is 65.5 Å². The van der Waals surface area contributed by atoms with E-state index < -0.39 is 0 Å². The zero-order valence-electron chi connectivity index (χ0n) is 15.8. The maximum absolute atomic E-state index is 12.6. The molecular formula is C19H22N4O2S2. The van der Waals surface area contributed by atoms with Gasteiger partial charge in [-0.1, -0.05) is 17.4 Å². The van der Waals surface area contributed by atoms with Crippen LogP contribution in [0.1, 0.15) is 33.9 Å². The second-order valence-electron chi connectivity index (χ2n) is 6.18. The number of nitrogens with zero attached hydrogens (tertiary/aromatic N) is 3. The molecule has 1 N–H and O–H groups in total. The Hall–Kier alpha value is -2.45. The van der Waals surface area contributed by atoms with Crippen molar-refractivity contribution >= 4 is 54.8 Å². The summed E-state index contributed by atoms with van der Waals surface area (Å²) in [6, 6.07) is 8.84. The van der Waals surface area contributed by atoms with Gasteiger partial charge >= 0.3 is 0 Å². The van der Waals surface area contributed by atoms with Crippen molar-refractivity contribution in [3.8, 4) is 0 Å². The van der Waals surface area contributed by atoms with E-state index in [4.69, 9.17) is 0 Å². The standard InChI is InChI=1S/C19H22N4O2S2/c1-5-23(6-2)19-21-17-15(27-19)11-14(26-17)16(24)20-13-9-7-8-12(10-13)18(25)22(3)4/h7-11H,5-6H2,1-4H3,(H,20,24). The zero-order chi connectivity index (χ0) is 19.6. The van der Waals surface area contributed by atoms with Crippen molar-refractivity contribution in [2.24, 2.45) is 0 Å². The van der Waals surface area contributed by atoms with Crippen LogP contribution in [0, 0.1) is 0 Å². The third-order valence-electron chi connectivity index (χ3n) is 4.11. The van der Waals surface area contributed by atoms with E-state index in [1.165, 1.54) is 16.2 Å². The van der Waals surface area contributed by atoms with Gasteiger partial charge in [0.15, 0.2) is 5.13 Å². The fourth-order valence-electron chi connectivity index (χ4n) is 2.65. The Kier molecular flexibility index (Phi) is 5.76. The number of thiazole rings is 1. The van der Waals surface area contributed by atoms with E-state index >= 15 is 0 Å². The van der Waals surface area contributed by atoms with Gasteiger partial charge in [0.25, 0.3) is 11.8 Å². The minimum Gasteiger partial charge on any atom is -0.349 e. The Balaban J connectivity index is 1.77. The van der Waals surface area contributed by atoms with Gasteiger partial charge in [-0.3, -0.25) is 9.59 Å². The summed E-state index contributed by atoms with van der Waals surface area (Å²) >= 11 is 2.99. The molecule has 0 aliphatic carbocycles. The van der Waals surface area contributed by atoms with Crippen LogP contribution in [0.5, 0.6) is 0 Å². The van der Waals surface area contributed by atoms with E-state index in [1.807, 2.05) is 6.07 Å². The average molecular weight is 403 g/mol. The molecular weight excluding hydrogens is 380 g/mol. The molecule has 0 saturated heterocycles. The molecule has 3 rings (SSSR count). The average Bonchev–Trinajstić information content (AvgIpc) is 3.21.